The Labute approximate surface area is 140 Å². The summed E-state index contributed by atoms with van der Waals surface area (Å²) in [5.74, 6) is 0.432. The average Bonchev–Trinajstić information content (AvgIpc) is 3.23. The summed E-state index contributed by atoms with van der Waals surface area (Å²) in [6.45, 7) is 2.44. The minimum atomic E-state index is -0.722. The van der Waals surface area contributed by atoms with Crippen LogP contribution in [0, 0.1) is 6.92 Å². The third-order valence-electron chi connectivity index (χ3n) is 4.58. The van der Waals surface area contributed by atoms with Gasteiger partial charge in [-0.25, -0.2) is 0 Å². The highest BCUT2D eigenvalue weighted by Gasteiger charge is 2.31. The molecule has 24 heavy (non-hydrogen) atoms. The van der Waals surface area contributed by atoms with Crippen LogP contribution in [-0.2, 0) is 11.3 Å². The molecule has 3 heterocycles. The van der Waals surface area contributed by atoms with Crippen LogP contribution in [0.25, 0.3) is 0 Å². The Morgan fingerprint density at radius 3 is 3.00 bits per heavy atom. The molecule has 2 aromatic heterocycles. The molecule has 128 valence electrons. The van der Waals surface area contributed by atoms with Gasteiger partial charge in [0.25, 0.3) is 5.56 Å². The second-order valence-corrected chi connectivity index (χ2v) is 6.27. The maximum Gasteiger partial charge on any atom is 0.253 e. The van der Waals surface area contributed by atoms with Crippen molar-refractivity contribution >= 4 is 5.91 Å². The zero-order chi connectivity index (χ0) is 17.1. The highest BCUT2D eigenvalue weighted by Crippen LogP contribution is 2.27. The Bertz CT molecular complexity index is 751. The molecule has 1 N–H and O–H groups in total. The molecule has 6 heteroatoms. The molecule has 1 amide bonds. The van der Waals surface area contributed by atoms with Crippen molar-refractivity contribution in [3.05, 3.63) is 58.4 Å². The van der Waals surface area contributed by atoms with E-state index in [9.17, 15) is 14.7 Å². The van der Waals surface area contributed by atoms with E-state index in [2.05, 4.69) is 0 Å². The highest BCUT2D eigenvalue weighted by molar-refractivity contribution is 5.76. The number of carbonyl (C=O) groups excluding carboxylic acids is 1. The van der Waals surface area contributed by atoms with Gasteiger partial charge in [0.2, 0.25) is 5.91 Å². The molecule has 0 saturated carbocycles. The molecule has 1 saturated heterocycles. The van der Waals surface area contributed by atoms with Gasteiger partial charge in [-0.15, -0.1) is 0 Å². The van der Waals surface area contributed by atoms with E-state index in [1.807, 2.05) is 0 Å². The minimum absolute atomic E-state index is 0.0295. The molecule has 3 rings (SSSR count). The predicted molar refractivity (Wildman–Crippen MR) is 88.5 cm³/mol. The van der Waals surface area contributed by atoms with Crippen LogP contribution in [0.2, 0.25) is 0 Å². The van der Waals surface area contributed by atoms with E-state index < -0.39 is 6.10 Å². The van der Waals surface area contributed by atoms with Crippen molar-refractivity contribution in [2.45, 2.75) is 44.9 Å². The first-order valence-corrected chi connectivity index (χ1v) is 8.23. The molecule has 2 aromatic rings. The van der Waals surface area contributed by atoms with Gasteiger partial charge in [0.15, 0.2) is 0 Å². The number of pyridine rings is 1. The zero-order valence-corrected chi connectivity index (χ0v) is 13.7. The van der Waals surface area contributed by atoms with E-state index in [1.165, 1.54) is 10.8 Å². The summed E-state index contributed by atoms with van der Waals surface area (Å²) in [6, 6.07) is 6.95. The van der Waals surface area contributed by atoms with Gasteiger partial charge < -0.3 is 19.0 Å². The van der Waals surface area contributed by atoms with Crippen molar-refractivity contribution in [2.75, 3.05) is 6.54 Å². The fraction of sp³-hybridized carbons (Fsp3) is 0.444. The fourth-order valence-electron chi connectivity index (χ4n) is 3.28. The number of aryl methyl sites for hydroxylation is 1. The fourth-order valence-corrected chi connectivity index (χ4v) is 3.28. The van der Waals surface area contributed by atoms with Crippen LogP contribution in [0.1, 0.15) is 36.7 Å². The van der Waals surface area contributed by atoms with E-state index in [0.29, 0.717) is 24.3 Å². The van der Waals surface area contributed by atoms with E-state index in [4.69, 9.17) is 4.42 Å². The third kappa shape index (κ3) is 3.43. The number of amides is 1. The molecule has 0 spiro atoms. The second-order valence-electron chi connectivity index (χ2n) is 6.27. The van der Waals surface area contributed by atoms with E-state index in [1.54, 1.807) is 42.3 Å². The molecule has 0 bridgehead atoms. The summed E-state index contributed by atoms with van der Waals surface area (Å²) >= 11 is 0. The quantitative estimate of drug-likeness (QED) is 0.908. The minimum Gasteiger partial charge on any atom is -0.467 e. The number of nitrogens with zero attached hydrogens (tertiary/aromatic N) is 2. The van der Waals surface area contributed by atoms with Gasteiger partial charge >= 0.3 is 0 Å². The maximum absolute atomic E-state index is 12.6. The second kappa shape index (κ2) is 7.05. The van der Waals surface area contributed by atoms with Crippen molar-refractivity contribution in [3.63, 3.8) is 0 Å². The molecule has 2 unspecified atom stereocenters. The first kappa shape index (κ1) is 16.5. The van der Waals surface area contributed by atoms with Crippen LogP contribution in [-0.4, -0.2) is 33.1 Å². The van der Waals surface area contributed by atoms with Crippen LogP contribution in [0.4, 0.5) is 0 Å². The number of rotatable bonds is 5. The molecule has 0 aromatic carbocycles. The molecule has 0 aliphatic carbocycles. The highest BCUT2D eigenvalue weighted by atomic mass is 16.4. The number of hydrogen-bond acceptors (Lipinski definition) is 4. The number of hydrogen-bond donors (Lipinski definition) is 1. The SMILES string of the molecule is Cc1cccn(CC(=O)N2CCCC2CC(O)c2ccco2)c1=O. The van der Waals surface area contributed by atoms with Gasteiger partial charge in [0, 0.05) is 30.8 Å². The molecule has 1 aliphatic rings. The lowest BCUT2D eigenvalue weighted by Crippen LogP contribution is -2.40. The average molecular weight is 330 g/mol. The first-order valence-electron chi connectivity index (χ1n) is 8.23. The Hall–Kier alpha value is -2.34. The number of aliphatic hydroxyl groups is 1. The summed E-state index contributed by atoms with van der Waals surface area (Å²) in [4.78, 5) is 26.5. The van der Waals surface area contributed by atoms with Crippen molar-refractivity contribution in [3.8, 4) is 0 Å². The number of carbonyl (C=O) groups is 1. The monoisotopic (exact) mass is 330 g/mol. The molecule has 6 nitrogen and oxygen atoms in total. The Morgan fingerprint density at radius 1 is 1.42 bits per heavy atom. The lowest BCUT2D eigenvalue weighted by molar-refractivity contribution is -0.133. The standard InChI is InChI=1S/C18H22N2O4/c1-13-5-2-8-19(18(13)23)12-17(22)20-9-3-6-14(20)11-15(21)16-7-4-10-24-16/h2,4-5,7-8,10,14-15,21H,3,6,9,11-12H2,1H3. The number of furan rings is 1. The van der Waals surface area contributed by atoms with Crippen molar-refractivity contribution in [1.29, 1.82) is 0 Å². The Balaban J connectivity index is 1.67. The van der Waals surface area contributed by atoms with E-state index in [0.717, 1.165) is 12.8 Å². The Kier molecular flexibility index (Phi) is 4.85. The van der Waals surface area contributed by atoms with Gasteiger partial charge in [-0.2, -0.15) is 0 Å². The van der Waals surface area contributed by atoms with E-state index in [-0.39, 0.29) is 24.1 Å². The number of aliphatic hydroxyl groups excluding tert-OH is 1. The van der Waals surface area contributed by atoms with Crippen LogP contribution >= 0.6 is 0 Å². The lowest BCUT2D eigenvalue weighted by atomic mass is 10.1. The van der Waals surface area contributed by atoms with Crippen LogP contribution in [0.15, 0.2) is 45.9 Å². The number of likely N-dealkylation sites (tertiary alicyclic amines) is 1. The molecular weight excluding hydrogens is 308 g/mol. The maximum atomic E-state index is 12.6. The van der Waals surface area contributed by atoms with Gasteiger partial charge in [-0.05, 0) is 38.0 Å². The first-order chi connectivity index (χ1) is 11.6. The Morgan fingerprint density at radius 2 is 2.25 bits per heavy atom. The molecule has 1 aliphatic heterocycles. The van der Waals surface area contributed by atoms with Gasteiger partial charge in [0.05, 0.1) is 6.26 Å². The molecular formula is C18H22N2O4. The third-order valence-corrected chi connectivity index (χ3v) is 4.58. The van der Waals surface area contributed by atoms with E-state index >= 15 is 0 Å². The molecule has 0 radical (unpaired) electrons. The summed E-state index contributed by atoms with van der Waals surface area (Å²) in [7, 11) is 0. The van der Waals surface area contributed by atoms with Crippen molar-refractivity contribution in [1.82, 2.24) is 9.47 Å². The summed E-state index contributed by atoms with van der Waals surface area (Å²) in [5.41, 5.74) is 0.480. The molecule has 1 fully saturated rings. The van der Waals surface area contributed by atoms with Crippen molar-refractivity contribution < 1.29 is 14.3 Å². The van der Waals surface area contributed by atoms with Gasteiger partial charge in [-0.3, -0.25) is 9.59 Å². The van der Waals surface area contributed by atoms with Crippen LogP contribution < -0.4 is 5.56 Å². The van der Waals surface area contributed by atoms with Gasteiger partial charge in [0.1, 0.15) is 18.4 Å². The summed E-state index contributed by atoms with van der Waals surface area (Å²) in [5, 5.41) is 10.3. The normalized spacial score (nSPS) is 18.8. The summed E-state index contributed by atoms with van der Waals surface area (Å²) < 4.78 is 6.67. The number of aromatic nitrogens is 1. The molecule has 2 atom stereocenters. The zero-order valence-electron chi connectivity index (χ0n) is 13.7. The van der Waals surface area contributed by atoms with Crippen LogP contribution in [0.3, 0.4) is 0 Å². The van der Waals surface area contributed by atoms with Crippen LogP contribution in [0.5, 0.6) is 0 Å². The lowest BCUT2D eigenvalue weighted by Gasteiger charge is -2.26. The largest absolute Gasteiger partial charge is 0.467 e. The van der Waals surface area contributed by atoms with Gasteiger partial charge in [-0.1, -0.05) is 6.07 Å². The summed E-state index contributed by atoms with van der Waals surface area (Å²) in [6.07, 6.45) is 4.65. The van der Waals surface area contributed by atoms with Crippen molar-refractivity contribution in [2.24, 2.45) is 0 Å². The smallest absolute Gasteiger partial charge is 0.253 e. The topological polar surface area (TPSA) is 75.7 Å². The predicted octanol–water partition coefficient (Wildman–Crippen LogP) is 1.86.